The highest BCUT2D eigenvalue weighted by Crippen LogP contribution is 2.37. The molecule has 3 aliphatic rings. The molecule has 0 bridgehead atoms. The van der Waals surface area contributed by atoms with Gasteiger partial charge in [0.1, 0.15) is 5.60 Å². The summed E-state index contributed by atoms with van der Waals surface area (Å²) in [5.41, 5.74) is 0.187. The highest BCUT2D eigenvalue weighted by molar-refractivity contribution is 5.69. The van der Waals surface area contributed by atoms with E-state index >= 15 is 0 Å². The molecule has 0 aromatic carbocycles. The Morgan fingerprint density at radius 1 is 1.28 bits per heavy atom. The van der Waals surface area contributed by atoms with Gasteiger partial charge in [0.2, 0.25) is 0 Å². The van der Waals surface area contributed by atoms with E-state index in [-0.39, 0.29) is 11.7 Å². The second-order valence-corrected chi connectivity index (χ2v) is 7.05. The van der Waals surface area contributed by atoms with E-state index in [1.165, 1.54) is 26.2 Å². The number of hydrogen-bond donors (Lipinski definition) is 1. The van der Waals surface area contributed by atoms with Gasteiger partial charge in [0.05, 0.1) is 0 Å². The lowest BCUT2D eigenvalue weighted by Gasteiger charge is -2.61. The Morgan fingerprint density at radius 2 is 1.89 bits per heavy atom. The third kappa shape index (κ3) is 2.10. The summed E-state index contributed by atoms with van der Waals surface area (Å²) in [4.78, 5) is 16.1. The van der Waals surface area contributed by atoms with Crippen molar-refractivity contribution in [1.29, 1.82) is 0 Å². The van der Waals surface area contributed by atoms with Crippen LogP contribution in [0.2, 0.25) is 0 Å². The van der Waals surface area contributed by atoms with Crippen molar-refractivity contribution in [3.05, 3.63) is 0 Å². The van der Waals surface area contributed by atoms with Crippen LogP contribution in [0.25, 0.3) is 0 Å². The lowest BCUT2D eigenvalue weighted by molar-refractivity contribution is -0.102. The molecule has 0 aromatic heterocycles. The maximum absolute atomic E-state index is 11.8. The molecule has 0 aromatic rings. The molecule has 5 nitrogen and oxygen atoms in total. The van der Waals surface area contributed by atoms with E-state index < -0.39 is 0 Å². The van der Waals surface area contributed by atoms with Crippen molar-refractivity contribution in [2.24, 2.45) is 5.41 Å². The van der Waals surface area contributed by atoms with Crippen LogP contribution in [-0.2, 0) is 4.74 Å². The first-order chi connectivity index (χ1) is 8.37. The van der Waals surface area contributed by atoms with Gasteiger partial charge >= 0.3 is 6.09 Å². The fraction of sp³-hybridized carbons (Fsp3) is 0.923. The molecule has 0 unspecified atom stereocenters. The van der Waals surface area contributed by atoms with Gasteiger partial charge in [-0.25, -0.2) is 4.79 Å². The Morgan fingerprint density at radius 3 is 2.33 bits per heavy atom. The maximum Gasteiger partial charge on any atom is 0.410 e. The van der Waals surface area contributed by atoms with Gasteiger partial charge in [-0.15, -0.1) is 0 Å². The minimum Gasteiger partial charge on any atom is -0.444 e. The summed E-state index contributed by atoms with van der Waals surface area (Å²) in [5, 5.41) is 3.34. The first-order valence-corrected chi connectivity index (χ1v) is 6.80. The second kappa shape index (κ2) is 3.84. The zero-order chi connectivity index (χ0) is 13.0. The van der Waals surface area contributed by atoms with Crippen LogP contribution in [0.5, 0.6) is 0 Å². The monoisotopic (exact) mass is 253 g/mol. The molecule has 5 heteroatoms. The fourth-order valence-electron chi connectivity index (χ4n) is 2.94. The van der Waals surface area contributed by atoms with E-state index in [2.05, 4.69) is 10.2 Å². The number of rotatable bonds is 1. The first kappa shape index (κ1) is 12.2. The molecule has 0 atom stereocenters. The average molecular weight is 253 g/mol. The number of ether oxygens (including phenoxy) is 1. The molecule has 1 spiro atoms. The zero-order valence-corrected chi connectivity index (χ0v) is 11.5. The van der Waals surface area contributed by atoms with Crippen molar-refractivity contribution in [1.82, 2.24) is 15.1 Å². The Kier molecular flexibility index (Phi) is 2.61. The number of nitrogens with zero attached hydrogens (tertiary/aromatic N) is 2. The largest absolute Gasteiger partial charge is 0.444 e. The number of carbonyl (C=O) groups is 1. The van der Waals surface area contributed by atoms with Gasteiger partial charge in [-0.3, -0.25) is 4.90 Å². The second-order valence-electron chi connectivity index (χ2n) is 7.05. The van der Waals surface area contributed by atoms with Crippen molar-refractivity contribution in [3.63, 3.8) is 0 Å². The van der Waals surface area contributed by atoms with Crippen LogP contribution in [-0.4, -0.2) is 66.8 Å². The summed E-state index contributed by atoms with van der Waals surface area (Å²) < 4.78 is 5.35. The molecule has 1 amide bonds. The molecule has 0 aliphatic carbocycles. The van der Waals surface area contributed by atoms with Crippen LogP contribution in [0, 0.1) is 5.41 Å². The molecular formula is C13H23N3O2. The fourth-order valence-corrected chi connectivity index (χ4v) is 2.94. The number of carbonyl (C=O) groups excluding carboxylic acids is 1. The molecule has 3 fully saturated rings. The van der Waals surface area contributed by atoms with E-state index in [9.17, 15) is 4.79 Å². The van der Waals surface area contributed by atoms with Crippen LogP contribution in [0.3, 0.4) is 0 Å². The van der Waals surface area contributed by atoms with Crippen molar-refractivity contribution in [3.8, 4) is 0 Å². The van der Waals surface area contributed by atoms with Gasteiger partial charge in [0.15, 0.2) is 0 Å². The maximum atomic E-state index is 11.8. The van der Waals surface area contributed by atoms with Crippen molar-refractivity contribution >= 4 is 6.09 Å². The lowest BCUT2D eigenvalue weighted by atomic mass is 9.73. The highest BCUT2D eigenvalue weighted by Gasteiger charge is 2.51. The van der Waals surface area contributed by atoms with Crippen LogP contribution in [0.15, 0.2) is 0 Å². The van der Waals surface area contributed by atoms with E-state index in [0.29, 0.717) is 11.5 Å². The summed E-state index contributed by atoms with van der Waals surface area (Å²) in [7, 11) is 0. The van der Waals surface area contributed by atoms with Gasteiger partial charge in [-0.1, -0.05) is 0 Å². The Hall–Kier alpha value is -0.810. The van der Waals surface area contributed by atoms with Gasteiger partial charge in [-0.05, 0) is 20.8 Å². The number of hydrogen-bond acceptors (Lipinski definition) is 4. The summed E-state index contributed by atoms with van der Waals surface area (Å²) >= 11 is 0. The van der Waals surface area contributed by atoms with E-state index in [4.69, 9.17) is 4.74 Å². The zero-order valence-electron chi connectivity index (χ0n) is 11.5. The van der Waals surface area contributed by atoms with Crippen molar-refractivity contribution in [2.45, 2.75) is 32.4 Å². The topological polar surface area (TPSA) is 44.8 Å². The van der Waals surface area contributed by atoms with Crippen LogP contribution in [0.4, 0.5) is 4.79 Å². The molecule has 3 aliphatic heterocycles. The molecule has 102 valence electrons. The molecule has 3 saturated heterocycles. The summed E-state index contributed by atoms with van der Waals surface area (Å²) in [6.07, 6.45) is -0.167. The van der Waals surface area contributed by atoms with Gasteiger partial charge < -0.3 is 15.0 Å². The van der Waals surface area contributed by atoms with Crippen LogP contribution in [0.1, 0.15) is 20.8 Å². The molecular weight excluding hydrogens is 230 g/mol. The number of amides is 1. The smallest absolute Gasteiger partial charge is 0.410 e. The van der Waals surface area contributed by atoms with E-state index in [1.54, 1.807) is 4.90 Å². The summed E-state index contributed by atoms with van der Waals surface area (Å²) in [6.45, 7) is 12.1. The molecule has 3 rings (SSSR count). The third-order valence-corrected chi connectivity index (χ3v) is 4.11. The Bertz CT molecular complexity index is 346. The third-order valence-electron chi connectivity index (χ3n) is 4.11. The molecule has 0 saturated carbocycles. The van der Waals surface area contributed by atoms with Gasteiger partial charge in [0.25, 0.3) is 0 Å². The number of likely N-dealkylation sites (tertiary alicyclic amines) is 2. The summed E-state index contributed by atoms with van der Waals surface area (Å²) in [5.74, 6) is 0. The molecule has 18 heavy (non-hydrogen) atoms. The first-order valence-electron chi connectivity index (χ1n) is 6.80. The molecule has 3 heterocycles. The minimum absolute atomic E-state index is 0.167. The quantitative estimate of drug-likeness (QED) is 0.739. The van der Waals surface area contributed by atoms with E-state index in [1.807, 2.05) is 20.8 Å². The summed E-state index contributed by atoms with van der Waals surface area (Å²) in [6, 6.07) is 0.559. The minimum atomic E-state index is -0.388. The predicted molar refractivity (Wildman–Crippen MR) is 68.5 cm³/mol. The van der Waals surface area contributed by atoms with Gasteiger partial charge in [0, 0.05) is 50.7 Å². The number of nitrogens with one attached hydrogen (secondary N) is 1. The van der Waals surface area contributed by atoms with Crippen LogP contribution < -0.4 is 5.32 Å². The van der Waals surface area contributed by atoms with E-state index in [0.717, 1.165) is 13.1 Å². The highest BCUT2D eigenvalue weighted by atomic mass is 16.6. The van der Waals surface area contributed by atoms with Crippen LogP contribution >= 0.6 is 0 Å². The standard InChI is InChI=1S/C13H23N3O2/c1-12(2,3)18-11(17)15-4-10(5-15)16-8-13(9-16)6-14-7-13/h10,14H,4-9H2,1-3H3. The molecule has 0 radical (unpaired) electrons. The Labute approximate surface area is 108 Å². The molecule has 1 N–H and O–H groups in total. The van der Waals surface area contributed by atoms with Crippen molar-refractivity contribution < 1.29 is 9.53 Å². The Balaban J connectivity index is 1.40. The normalized spacial score (nSPS) is 27.4. The predicted octanol–water partition coefficient (Wildman–Crippen LogP) is 0.511. The van der Waals surface area contributed by atoms with Gasteiger partial charge in [-0.2, -0.15) is 0 Å². The average Bonchev–Trinajstić information content (AvgIpc) is 1.98. The van der Waals surface area contributed by atoms with Crippen molar-refractivity contribution in [2.75, 3.05) is 39.3 Å². The lowest BCUT2D eigenvalue weighted by Crippen LogP contribution is -2.76. The SMILES string of the molecule is CC(C)(C)OC(=O)N1CC(N2CC3(CNC3)C2)C1.